The van der Waals surface area contributed by atoms with Crippen molar-refractivity contribution in [3.05, 3.63) is 59.4 Å². The van der Waals surface area contributed by atoms with Gasteiger partial charge in [-0.05, 0) is 37.1 Å². The predicted octanol–water partition coefficient (Wildman–Crippen LogP) is 4.32. The first-order valence-electron chi connectivity index (χ1n) is 8.47. The minimum Gasteiger partial charge on any atom is -0.497 e. The Balaban J connectivity index is 1.92. The molecule has 3 rings (SSSR count). The zero-order valence-electron chi connectivity index (χ0n) is 14.9. The first kappa shape index (κ1) is 18.5. The van der Waals surface area contributed by atoms with Crippen LogP contribution >= 0.6 is 11.8 Å². The third-order valence-corrected chi connectivity index (χ3v) is 5.30. The van der Waals surface area contributed by atoms with E-state index in [1.165, 1.54) is 19.2 Å². The van der Waals surface area contributed by atoms with Crippen LogP contribution in [0.25, 0.3) is 0 Å². The number of aryl methyl sites for hydroxylation is 1. The molecule has 0 saturated heterocycles. The van der Waals surface area contributed by atoms with Gasteiger partial charge in [-0.2, -0.15) is 0 Å². The molecule has 0 spiro atoms. The Bertz CT molecular complexity index is 838. The molecule has 0 fully saturated rings. The maximum Gasteiger partial charge on any atom is 0.185 e. The molecule has 0 amide bonds. The number of carbonyl (C=O) groups excluding carboxylic acids is 1. The number of rotatable bonds is 5. The number of Topliss-reactive ketones (excluding diaryl/α,β-unsaturated/α-hetero) is 1. The molecule has 0 aromatic heterocycles. The van der Waals surface area contributed by atoms with E-state index >= 15 is 0 Å². The standard InChI is InChI=1S/C20H21FN2O2S/c1-14-6-3-4-7-18(14)23(20-22-10-5-11-26-20)13-19(24)16-9-8-15(25-2)12-17(16)21/h3-4,6-9,12H,5,10-11,13H2,1-2H3. The molecule has 2 aromatic carbocycles. The summed E-state index contributed by atoms with van der Waals surface area (Å²) in [4.78, 5) is 19.3. The van der Waals surface area contributed by atoms with E-state index in [0.29, 0.717) is 5.75 Å². The largest absolute Gasteiger partial charge is 0.497 e. The van der Waals surface area contributed by atoms with Gasteiger partial charge in [-0.3, -0.25) is 9.79 Å². The molecular formula is C20H21FN2O2S. The molecule has 0 unspecified atom stereocenters. The normalized spacial score (nSPS) is 13.9. The molecule has 0 radical (unpaired) electrons. The highest BCUT2D eigenvalue weighted by atomic mass is 32.2. The zero-order chi connectivity index (χ0) is 18.5. The summed E-state index contributed by atoms with van der Waals surface area (Å²) in [5.74, 6) is 0.494. The van der Waals surface area contributed by atoms with E-state index < -0.39 is 5.82 Å². The molecule has 26 heavy (non-hydrogen) atoms. The topological polar surface area (TPSA) is 41.9 Å². The summed E-state index contributed by atoms with van der Waals surface area (Å²) in [5.41, 5.74) is 2.03. The molecule has 0 aliphatic carbocycles. The van der Waals surface area contributed by atoms with Crippen LogP contribution in [0.5, 0.6) is 5.75 Å². The van der Waals surface area contributed by atoms with E-state index in [1.54, 1.807) is 17.8 Å². The van der Waals surface area contributed by atoms with Crippen molar-refractivity contribution in [1.29, 1.82) is 0 Å². The van der Waals surface area contributed by atoms with E-state index in [9.17, 15) is 9.18 Å². The summed E-state index contributed by atoms with van der Waals surface area (Å²) >= 11 is 1.63. The maximum absolute atomic E-state index is 14.3. The van der Waals surface area contributed by atoms with Crippen molar-refractivity contribution >= 4 is 28.4 Å². The predicted molar refractivity (Wildman–Crippen MR) is 105 cm³/mol. The number of halogens is 1. The average Bonchev–Trinajstić information content (AvgIpc) is 2.67. The minimum absolute atomic E-state index is 0.0416. The average molecular weight is 372 g/mol. The summed E-state index contributed by atoms with van der Waals surface area (Å²) in [6, 6.07) is 12.2. The number of thioether (sulfide) groups is 1. The van der Waals surface area contributed by atoms with Crippen LogP contribution in [-0.4, -0.2) is 36.9 Å². The lowest BCUT2D eigenvalue weighted by Gasteiger charge is -2.28. The molecule has 4 nitrogen and oxygen atoms in total. The number of amidine groups is 1. The Hall–Kier alpha value is -2.34. The zero-order valence-corrected chi connectivity index (χ0v) is 15.7. The molecule has 1 heterocycles. The molecule has 1 aliphatic heterocycles. The van der Waals surface area contributed by atoms with Crippen LogP contribution < -0.4 is 9.64 Å². The molecule has 0 saturated carbocycles. The molecule has 2 aromatic rings. The van der Waals surface area contributed by atoms with Gasteiger partial charge in [0, 0.05) is 24.1 Å². The number of nitrogens with zero attached hydrogens (tertiary/aromatic N) is 2. The lowest BCUT2D eigenvalue weighted by molar-refractivity contribution is 0.0998. The van der Waals surface area contributed by atoms with Crippen LogP contribution in [0.15, 0.2) is 47.5 Å². The number of ether oxygens (including phenoxy) is 1. The first-order chi connectivity index (χ1) is 12.6. The fraction of sp³-hybridized carbons (Fsp3) is 0.300. The van der Waals surface area contributed by atoms with E-state index in [-0.39, 0.29) is 17.9 Å². The van der Waals surface area contributed by atoms with Gasteiger partial charge in [-0.15, -0.1) is 0 Å². The number of anilines is 1. The molecule has 0 N–H and O–H groups in total. The first-order valence-corrected chi connectivity index (χ1v) is 9.46. The second-order valence-corrected chi connectivity index (χ2v) is 7.07. The number of aliphatic imine (C=N–C) groups is 1. The minimum atomic E-state index is -0.572. The molecule has 1 aliphatic rings. The van der Waals surface area contributed by atoms with E-state index in [4.69, 9.17) is 4.74 Å². The van der Waals surface area contributed by atoms with Crippen LogP contribution in [-0.2, 0) is 0 Å². The fourth-order valence-corrected chi connectivity index (χ4v) is 3.77. The molecule has 0 atom stereocenters. The van der Waals surface area contributed by atoms with Gasteiger partial charge in [0.05, 0.1) is 19.2 Å². The summed E-state index contributed by atoms with van der Waals surface area (Å²) in [5, 5.41) is 0.813. The molecule has 6 heteroatoms. The Morgan fingerprint density at radius 3 is 2.77 bits per heavy atom. The van der Waals surface area contributed by atoms with Gasteiger partial charge in [0.25, 0.3) is 0 Å². The summed E-state index contributed by atoms with van der Waals surface area (Å²) in [6.07, 6.45) is 1.02. The van der Waals surface area contributed by atoms with E-state index in [2.05, 4.69) is 4.99 Å². The van der Waals surface area contributed by atoms with Gasteiger partial charge in [0.15, 0.2) is 11.0 Å². The van der Waals surface area contributed by atoms with Crippen LogP contribution in [0.4, 0.5) is 10.1 Å². The Morgan fingerprint density at radius 1 is 1.31 bits per heavy atom. The van der Waals surface area contributed by atoms with Gasteiger partial charge in [-0.25, -0.2) is 4.39 Å². The fourth-order valence-electron chi connectivity index (χ4n) is 2.81. The van der Waals surface area contributed by atoms with Crippen molar-refractivity contribution in [2.75, 3.05) is 30.9 Å². The van der Waals surface area contributed by atoms with Crippen molar-refractivity contribution < 1.29 is 13.9 Å². The van der Waals surface area contributed by atoms with Crippen LogP contribution in [0.3, 0.4) is 0 Å². The second kappa shape index (κ2) is 8.36. The summed E-state index contributed by atoms with van der Waals surface area (Å²) < 4.78 is 19.3. The number of methoxy groups -OCH3 is 1. The SMILES string of the molecule is COc1ccc(C(=O)CN(C2=NCCCS2)c2ccccc2C)c(F)c1. The van der Waals surface area contributed by atoms with Crippen molar-refractivity contribution in [2.24, 2.45) is 4.99 Å². The van der Waals surface area contributed by atoms with Crippen LogP contribution in [0.1, 0.15) is 22.3 Å². The van der Waals surface area contributed by atoms with Crippen molar-refractivity contribution in [1.82, 2.24) is 0 Å². The van der Waals surface area contributed by atoms with Gasteiger partial charge in [-0.1, -0.05) is 30.0 Å². The highest BCUT2D eigenvalue weighted by Crippen LogP contribution is 2.26. The monoisotopic (exact) mass is 372 g/mol. The van der Waals surface area contributed by atoms with Gasteiger partial charge < -0.3 is 9.64 Å². The lowest BCUT2D eigenvalue weighted by Crippen LogP contribution is -2.36. The Labute approximate surface area is 157 Å². The number of hydrogen-bond acceptors (Lipinski definition) is 5. The second-order valence-electron chi connectivity index (χ2n) is 6.01. The van der Waals surface area contributed by atoms with Gasteiger partial charge >= 0.3 is 0 Å². The quantitative estimate of drug-likeness (QED) is 0.733. The number of para-hydroxylation sites is 1. The number of carbonyl (C=O) groups is 1. The molecular weight excluding hydrogens is 351 g/mol. The van der Waals surface area contributed by atoms with Gasteiger partial charge in [0.1, 0.15) is 11.6 Å². The Morgan fingerprint density at radius 2 is 2.12 bits per heavy atom. The van der Waals surface area contributed by atoms with E-state index in [0.717, 1.165) is 35.1 Å². The van der Waals surface area contributed by atoms with E-state index in [1.807, 2.05) is 36.1 Å². The number of benzene rings is 2. The number of ketones is 1. The van der Waals surface area contributed by atoms with Gasteiger partial charge in [0.2, 0.25) is 0 Å². The highest BCUT2D eigenvalue weighted by Gasteiger charge is 2.23. The van der Waals surface area contributed by atoms with Crippen molar-refractivity contribution in [2.45, 2.75) is 13.3 Å². The third kappa shape index (κ3) is 4.07. The smallest absolute Gasteiger partial charge is 0.185 e. The summed E-state index contributed by atoms with van der Waals surface area (Å²) in [7, 11) is 1.47. The van der Waals surface area contributed by atoms with Crippen LogP contribution in [0, 0.1) is 12.7 Å². The molecule has 0 bridgehead atoms. The van der Waals surface area contributed by atoms with Crippen molar-refractivity contribution in [3.63, 3.8) is 0 Å². The third-order valence-electron chi connectivity index (χ3n) is 4.20. The van der Waals surface area contributed by atoms with Crippen LogP contribution in [0.2, 0.25) is 0 Å². The number of hydrogen-bond donors (Lipinski definition) is 0. The highest BCUT2D eigenvalue weighted by molar-refractivity contribution is 8.14. The van der Waals surface area contributed by atoms with Crippen molar-refractivity contribution in [3.8, 4) is 5.75 Å². The Kier molecular flexibility index (Phi) is 5.93. The maximum atomic E-state index is 14.3. The summed E-state index contributed by atoms with van der Waals surface area (Å²) in [6.45, 7) is 2.78. The lowest BCUT2D eigenvalue weighted by atomic mass is 10.1. The molecule has 136 valence electrons.